The Morgan fingerprint density at radius 2 is 2.41 bits per heavy atom. The summed E-state index contributed by atoms with van der Waals surface area (Å²) in [6, 6.07) is 0. The Morgan fingerprint density at radius 3 is 3.05 bits per heavy atom. The predicted molar refractivity (Wildman–Crippen MR) is 99.7 cm³/mol. The van der Waals surface area contributed by atoms with Gasteiger partial charge in [-0.25, -0.2) is 0 Å². The van der Waals surface area contributed by atoms with E-state index in [0.717, 1.165) is 37.6 Å². The smallest absolute Gasteiger partial charge is 0.193 e. The number of aliphatic imine (C=N–C) groups is 1. The highest BCUT2D eigenvalue weighted by atomic mass is 127. The van der Waals surface area contributed by atoms with E-state index in [1.807, 2.05) is 38.1 Å². The van der Waals surface area contributed by atoms with Crippen LogP contribution < -0.4 is 5.32 Å². The normalized spacial score (nSPS) is 19.3. The second kappa shape index (κ2) is 9.83. The summed E-state index contributed by atoms with van der Waals surface area (Å²) >= 11 is 0. The summed E-state index contributed by atoms with van der Waals surface area (Å²) in [6.07, 6.45) is 9.16. The van der Waals surface area contributed by atoms with Gasteiger partial charge in [-0.05, 0) is 13.3 Å². The molecule has 22 heavy (non-hydrogen) atoms. The number of hydrogen-bond donors (Lipinski definition) is 1. The maximum Gasteiger partial charge on any atom is 0.193 e. The second-order valence-electron chi connectivity index (χ2n) is 5.08. The molecular weight excluding hydrogens is 393 g/mol. The molecule has 1 N–H and O–H groups in total. The average molecular weight is 419 g/mol. The summed E-state index contributed by atoms with van der Waals surface area (Å²) < 4.78 is 7.66. The van der Waals surface area contributed by atoms with Gasteiger partial charge in [-0.3, -0.25) is 9.67 Å². The lowest BCUT2D eigenvalue weighted by Crippen LogP contribution is -2.48. The van der Waals surface area contributed by atoms with Crippen LogP contribution in [0.1, 0.15) is 25.0 Å². The molecule has 0 aromatic carbocycles. The number of aryl methyl sites for hydroxylation is 1. The van der Waals surface area contributed by atoms with Gasteiger partial charge >= 0.3 is 0 Å². The quantitative estimate of drug-likeness (QED) is 0.267. The van der Waals surface area contributed by atoms with Crippen molar-refractivity contribution >= 4 is 29.9 Å². The Hall–Kier alpha value is -1.09. The fraction of sp³-hybridized carbons (Fsp3) is 0.600. The molecule has 1 aromatic rings. The molecule has 0 radical (unpaired) electrons. The number of ether oxygens (including phenoxy) is 1. The van der Waals surface area contributed by atoms with E-state index in [9.17, 15) is 0 Å². The van der Waals surface area contributed by atoms with E-state index in [2.05, 4.69) is 32.5 Å². The van der Waals surface area contributed by atoms with Crippen molar-refractivity contribution in [1.82, 2.24) is 20.0 Å². The average Bonchev–Trinajstić information content (AvgIpc) is 2.94. The highest BCUT2D eigenvalue weighted by Gasteiger charge is 2.24. The molecule has 7 heteroatoms. The number of morpholine rings is 1. The van der Waals surface area contributed by atoms with Crippen molar-refractivity contribution < 1.29 is 4.74 Å². The molecule has 0 saturated carbocycles. The topological polar surface area (TPSA) is 54.7 Å². The van der Waals surface area contributed by atoms with Gasteiger partial charge in [0.2, 0.25) is 0 Å². The molecule has 2 rings (SSSR count). The van der Waals surface area contributed by atoms with E-state index in [0.29, 0.717) is 6.61 Å². The molecule has 1 unspecified atom stereocenters. The van der Waals surface area contributed by atoms with Gasteiger partial charge in [0.25, 0.3) is 0 Å². The summed E-state index contributed by atoms with van der Waals surface area (Å²) in [5.74, 6) is 0.941. The van der Waals surface area contributed by atoms with Crippen LogP contribution in [0.4, 0.5) is 0 Å². The summed E-state index contributed by atoms with van der Waals surface area (Å²) in [5, 5.41) is 7.62. The molecule has 1 aliphatic heterocycles. The minimum Gasteiger partial charge on any atom is -0.370 e. The number of hydrogen-bond acceptors (Lipinski definition) is 3. The Bertz CT molecular complexity index is 500. The van der Waals surface area contributed by atoms with E-state index < -0.39 is 0 Å². The first kappa shape index (κ1) is 19.0. The maximum atomic E-state index is 5.86. The van der Waals surface area contributed by atoms with Crippen LogP contribution in [0.25, 0.3) is 0 Å². The van der Waals surface area contributed by atoms with Crippen molar-refractivity contribution in [3.8, 4) is 0 Å². The second-order valence-corrected chi connectivity index (χ2v) is 5.08. The van der Waals surface area contributed by atoms with Crippen LogP contribution in [0.2, 0.25) is 0 Å². The zero-order valence-corrected chi connectivity index (χ0v) is 15.9. The first-order valence-corrected chi connectivity index (χ1v) is 7.41. The van der Waals surface area contributed by atoms with Crippen LogP contribution in [0.15, 0.2) is 29.5 Å². The molecule has 1 fully saturated rings. The number of allylic oxidation sites excluding steroid dienone is 1. The third kappa shape index (κ3) is 5.28. The number of aromatic nitrogens is 2. The Kier molecular flexibility index (Phi) is 8.47. The van der Waals surface area contributed by atoms with Crippen LogP contribution >= 0.6 is 24.0 Å². The number of rotatable bonds is 4. The van der Waals surface area contributed by atoms with E-state index in [-0.39, 0.29) is 30.1 Å². The molecule has 6 nitrogen and oxygen atoms in total. The molecule has 1 atom stereocenters. The first-order chi connectivity index (χ1) is 10.2. The Balaban J connectivity index is 0.00000242. The van der Waals surface area contributed by atoms with Crippen LogP contribution in [0.3, 0.4) is 0 Å². The van der Waals surface area contributed by atoms with Gasteiger partial charge < -0.3 is 15.0 Å². The van der Waals surface area contributed by atoms with Gasteiger partial charge in [-0.15, -0.1) is 24.0 Å². The third-order valence-electron chi connectivity index (χ3n) is 3.50. The maximum absolute atomic E-state index is 5.86. The van der Waals surface area contributed by atoms with Gasteiger partial charge in [0.05, 0.1) is 19.3 Å². The van der Waals surface area contributed by atoms with E-state index >= 15 is 0 Å². The van der Waals surface area contributed by atoms with Crippen molar-refractivity contribution in [2.75, 3.05) is 33.3 Å². The van der Waals surface area contributed by atoms with Gasteiger partial charge in [-0.1, -0.05) is 12.2 Å². The molecule has 0 bridgehead atoms. The van der Waals surface area contributed by atoms with Gasteiger partial charge in [0.15, 0.2) is 5.96 Å². The van der Waals surface area contributed by atoms with E-state index in [1.54, 1.807) is 0 Å². The molecule has 0 spiro atoms. The largest absolute Gasteiger partial charge is 0.370 e. The lowest BCUT2D eigenvalue weighted by molar-refractivity contribution is -0.00800. The van der Waals surface area contributed by atoms with E-state index in [4.69, 9.17) is 4.74 Å². The van der Waals surface area contributed by atoms with Crippen molar-refractivity contribution in [2.24, 2.45) is 12.0 Å². The highest BCUT2D eigenvalue weighted by Crippen LogP contribution is 2.21. The minimum absolute atomic E-state index is 0. The standard InChI is InChI=1S/C15H25N5O.HI/c1-4-5-6-7-17-15(16-2)20-8-9-21-14(12-20)13-10-18-19(3)11-13;/h4-5,10-11,14H,6-9,12H2,1-3H3,(H,16,17);1H/b5-4+;. The van der Waals surface area contributed by atoms with Crippen molar-refractivity contribution in [3.05, 3.63) is 30.1 Å². The monoisotopic (exact) mass is 419 g/mol. The minimum atomic E-state index is 0. The van der Waals surface area contributed by atoms with Gasteiger partial charge in [-0.2, -0.15) is 5.10 Å². The first-order valence-electron chi connectivity index (χ1n) is 7.41. The van der Waals surface area contributed by atoms with E-state index in [1.165, 1.54) is 0 Å². The van der Waals surface area contributed by atoms with Crippen LogP contribution in [0.5, 0.6) is 0 Å². The lowest BCUT2D eigenvalue weighted by atomic mass is 10.1. The SMILES string of the molecule is C/C=C/CCNC(=NC)N1CCOC(c2cnn(C)c2)C1.I. The molecule has 124 valence electrons. The van der Waals surface area contributed by atoms with Gasteiger partial charge in [0.1, 0.15) is 6.10 Å². The zero-order valence-electron chi connectivity index (χ0n) is 13.5. The molecule has 0 amide bonds. The molecule has 1 aromatic heterocycles. The molecule has 2 heterocycles. The highest BCUT2D eigenvalue weighted by molar-refractivity contribution is 14.0. The predicted octanol–water partition coefficient (Wildman–Crippen LogP) is 1.95. The molecule has 1 aliphatic rings. The fourth-order valence-electron chi connectivity index (χ4n) is 2.42. The summed E-state index contributed by atoms with van der Waals surface area (Å²) in [4.78, 5) is 6.62. The van der Waals surface area contributed by atoms with Crippen molar-refractivity contribution in [2.45, 2.75) is 19.4 Å². The molecule has 1 saturated heterocycles. The van der Waals surface area contributed by atoms with Crippen LogP contribution in [-0.4, -0.2) is 53.9 Å². The van der Waals surface area contributed by atoms with Crippen LogP contribution in [-0.2, 0) is 11.8 Å². The lowest BCUT2D eigenvalue weighted by Gasteiger charge is -2.34. The zero-order chi connectivity index (χ0) is 15.1. The number of nitrogens with zero attached hydrogens (tertiary/aromatic N) is 4. The number of halogens is 1. The molecule has 0 aliphatic carbocycles. The summed E-state index contributed by atoms with van der Waals surface area (Å²) in [5.41, 5.74) is 1.12. The number of nitrogens with one attached hydrogen (secondary N) is 1. The Labute approximate surface area is 149 Å². The van der Waals surface area contributed by atoms with Crippen molar-refractivity contribution in [3.63, 3.8) is 0 Å². The van der Waals surface area contributed by atoms with Crippen molar-refractivity contribution in [1.29, 1.82) is 0 Å². The Morgan fingerprint density at radius 1 is 1.59 bits per heavy atom. The molecular formula is C15H26IN5O. The third-order valence-corrected chi connectivity index (χ3v) is 3.50. The van der Waals surface area contributed by atoms with Crippen LogP contribution in [0, 0.1) is 0 Å². The number of guanidine groups is 1. The van der Waals surface area contributed by atoms with Gasteiger partial charge in [0, 0.05) is 38.9 Å². The fourth-order valence-corrected chi connectivity index (χ4v) is 2.42. The summed E-state index contributed by atoms with van der Waals surface area (Å²) in [7, 11) is 3.75. The summed E-state index contributed by atoms with van der Waals surface area (Å²) in [6.45, 7) is 5.30.